The molecule has 19 heavy (non-hydrogen) atoms. The van der Waals surface area contributed by atoms with Crippen LogP contribution in [0.15, 0.2) is 24.3 Å². The maximum atomic E-state index is 11.1. The molecule has 0 saturated heterocycles. The van der Waals surface area contributed by atoms with Gasteiger partial charge < -0.3 is 10.4 Å². The van der Waals surface area contributed by atoms with Crippen LogP contribution in [0.25, 0.3) is 0 Å². The first-order chi connectivity index (χ1) is 9.11. The van der Waals surface area contributed by atoms with Crippen LogP contribution in [0.3, 0.4) is 0 Å². The molecule has 0 saturated carbocycles. The summed E-state index contributed by atoms with van der Waals surface area (Å²) in [5.74, 6) is -0.935. The zero-order chi connectivity index (χ0) is 13.8. The molecule has 0 radical (unpaired) electrons. The zero-order valence-corrected chi connectivity index (χ0v) is 11.8. The van der Waals surface area contributed by atoms with Gasteiger partial charge in [0.1, 0.15) is 10.6 Å². The van der Waals surface area contributed by atoms with Crippen molar-refractivity contribution in [3.8, 4) is 0 Å². The van der Waals surface area contributed by atoms with Gasteiger partial charge >= 0.3 is 5.97 Å². The number of anilines is 1. The molecule has 0 aliphatic heterocycles. The summed E-state index contributed by atoms with van der Waals surface area (Å²) in [7, 11) is 0. The van der Waals surface area contributed by atoms with E-state index >= 15 is 0 Å². The molecular formula is C14H16N2O2S. The van der Waals surface area contributed by atoms with E-state index in [1.54, 1.807) is 6.92 Å². The Kier molecular flexibility index (Phi) is 4.16. The predicted molar refractivity (Wildman–Crippen MR) is 77.0 cm³/mol. The molecular weight excluding hydrogens is 260 g/mol. The van der Waals surface area contributed by atoms with Crippen LogP contribution >= 0.6 is 11.5 Å². The standard InChI is InChI=1S/C14H16N2O2S/c1-3-10-4-6-11(7-5-10)8-15-13-12(14(17)18)9(2)16-19-13/h4-7,15H,3,8H2,1-2H3,(H,17,18). The van der Waals surface area contributed by atoms with Gasteiger partial charge in [0.05, 0.1) is 5.69 Å². The van der Waals surface area contributed by atoms with Crippen LogP contribution in [-0.2, 0) is 13.0 Å². The summed E-state index contributed by atoms with van der Waals surface area (Å²) in [6, 6.07) is 8.29. The molecule has 0 unspecified atom stereocenters. The number of rotatable bonds is 5. The second-order valence-corrected chi connectivity index (χ2v) is 5.07. The van der Waals surface area contributed by atoms with Crippen LogP contribution in [0.2, 0.25) is 0 Å². The maximum absolute atomic E-state index is 11.1. The first-order valence-corrected chi connectivity index (χ1v) is 6.90. The largest absolute Gasteiger partial charge is 0.478 e. The second kappa shape index (κ2) is 5.84. The van der Waals surface area contributed by atoms with Crippen molar-refractivity contribution in [3.05, 3.63) is 46.6 Å². The molecule has 0 aliphatic rings. The van der Waals surface area contributed by atoms with Crippen molar-refractivity contribution < 1.29 is 9.90 Å². The average Bonchev–Trinajstić information content (AvgIpc) is 2.78. The predicted octanol–water partition coefficient (Wildman–Crippen LogP) is 3.32. The monoisotopic (exact) mass is 276 g/mol. The van der Waals surface area contributed by atoms with Crippen molar-refractivity contribution in [2.24, 2.45) is 0 Å². The van der Waals surface area contributed by atoms with E-state index in [4.69, 9.17) is 5.11 Å². The third kappa shape index (κ3) is 3.12. The number of benzene rings is 1. The van der Waals surface area contributed by atoms with E-state index < -0.39 is 5.97 Å². The molecule has 5 heteroatoms. The van der Waals surface area contributed by atoms with E-state index in [2.05, 4.69) is 40.9 Å². The highest BCUT2D eigenvalue weighted by Crippen LogP contribution is 2.24. The number of aromatic nitrogens is 1. The number of carbonyl (C=O) groups is 1. The Labute approximate surface area is 116 Å². The molecule has 0 bridgehead atoms. The van der Waals surface area contributed by atoms with Crippen molar-refractivity contribution in [2.45, 2.75) is 26.8 Å². The first-order valence-electron chi connectivity index (χ1n) is 6.13. The van der Waals surface area contributed by atoms with E-state index in [1.807, 2.05) is 0 Å². The van der Waals surface area contributed by atoms with Crippen molar-refractivity contribution in [1.82, 2.24) is 4.37 Å². The molecule has 2 N–H and O–H groups in total. The van der Waals surface area contributed by atoms with Gasteiger partial charge in [-0.3, -0.25) is 0 Å². The molecule has 0 atom stereocenters. The van der Waals surface area contributed by atoms with Gasteiger partial charge in [-0.15, -0.1) is 0 Å². The quantitative estimate of drug-likeness (QED) is 0.879. The molecule has 0 spiro atoms. The number of aromatic carboxylic acids is 1. The summed E-state index contributed by atoms with van der Waals surface area (Å²) < 4.78 is 4.08. The van der Waals surface area contributed by atoms with E-state index in [9.17, 15) is 4.79 Å². The number of aryl methyl sites for hydroxylation is 2. The lowest BCUT2D eigenvalue weighted by Crippen LogP contribution is -2.04. The van der Waals surface area contributed by atoms with Crippen molar-refractivity contribution >= 4 is 22.5 Å². The minimum absolute atomic E-state index is 0.273. The topological polar surface area (TPSA) is 62.2 Å². The van der Waals surface area contributed by atoms with Crippen molar-refractivity contribution in [3.63, 3.8) is 0 Å². The maximum Gasteiger partial charge on any atom is 0.340 e. The lowest BCUT2D eigenvalue weighted by molar-refractivity contribution is 0.0697. The Morgan fingerprint density at radius 3 is 2.53 bits per heavy atom. The zero-order valence-electron chi connectivity index (χ0n) is 10.9. The van der Waals surface area contributed by atoms with E-state index in [0.29, 0.717) is 17.2 Å². The molecule has 1 aromatic heterocycles. The Morgan fingerprint density at radius 2 is 1.95 bits per heavy atom. The lowest BCUT2D eigenvalue weighted by atomic mass is 10.1. The second-order valence-electron chi connectivity index (χ2n) is 4.30. The van der Waals surface area contributed by atoms with Gasteiger partial charge in [-0.1, -0.05) is 31.2 Å². The summed E-state index contributed by atoms with van der Waals surface area (Å²) in [5.41, 5.74) is 3.25. The molecule has 0 aliphatic carbocycles. The van der Waals surface area contributed by atoms with Crippen LogP contribution in [0, 0.1) is 6.92 Å². The number of hydrogen-bond donors (Lipinski definition) is 2. The third-order valence-electron chi connectivity index (χ3n) is 2.96. The number of carboxylic acid groups (broad SMARTS) is 1. The van der Waals surface area contributed by atoms with Gasteiger partial charge in [0, 0.05) is 6.54 Å². The number of hydrogen-bond acceptors (Lipinski definition) is 4. The van der Waals surface area contributed by atoms with Crippen LogP contribution < -0.4 is 5.32 Å². The molecule has 0 fully saturated rings. The van der Waals surface area contributed by atoms with Crippen molar-refractivity contribution in [2.75, 3.05) is 5.32 Å². The highest BCUT2D eigenvalue weighted by atomic mass is 32.1. The summed E-state index contributed by atoms with van der Waals surface area (Å²) in [5, 5.41) is 12.9. The number of nitrogens with zero attached hydrogens (tertiary/aromatic N) is 1. The van der Waals surface area contributed by atoms with Crippen molar-refractivity contribution in [1.29, 1.82) is 0 Å². The Hall–Kier alpha value is -1.88. The smallest absolute Gasteiger partial charge is 0.340 e. The third-order valence-corrected chi connectivity index (χ3v) is 3.86. The summed E-state index contributed by atoms with van der Waals surface area (Å²) in [6.07, 6.45) is 1.02. The Balaban J connectivity index is 2.08. The highest BCUT2D eigenvalue weighted by molar-refractivity contribution is 7.10. The molecule has 0 amide bonds. The fourth-order valence-corrected chi connectivity index (χ4v) is 2.60. The van der Waals surface area contributed by atoms with Crippen LogP contribution in [-0.4, -0.2) is 15.4 Å². The van der Waals surface area contributed by atoms with Crippen LogP contribution in [0.1, 0.15) is 34.1 Å². The Bertz CT molecular complexity index is 576. The minimum atomic E-state index is -0.935. The molecule has 100 valence electrons. The first kappa shape index (κ1) is 13.5. The SMILES string of the molecule is CCc1ccc(CNc2snc(C)c2C(=O)O)cc1. The molecule has 2 aromatic rings. The van der Waals surface area contributed by atoms with E-state index in [-0.39, 0.29) is 5.56 Å². The van der Waals surface area contributed by atoms with E-state index in [1.165, 1.54) is 17.1 Å². The Morgan fingerprint density at radius 1 is 1.32 bits per heavy atom. The molecule has 1 aromatic carbocycles. The van der Waals surface area contributed by atoms with Crippen LogP contribution in [0.5, 0.6) is 0 Å². The number of carboxylic acids is 1. The van der Waals surface area contributed by atoms with Gasteiger partial charge in [0.15, 0.2) is 0 Å². The van der Waals surface area contributed by atoms with Gasteiger partial charge in [0.25, 0.3) is 0 Å². The van der Waals surface area contributed by atoms with Gasteiger partial charge in [0.2, 0.25) is 0 Å². The molecule has 1 heterocycles. The van der Waals surface area contributed by atoms with Crippen LogP contribution in [0.4, 0.5) is 5.00 Å². The average molecular weight is 276 g/mol. The lowest BCUT2D eigenvalue weighted by Gasteiger charge is -2.06. The number of nitrogens with one attached hydrogen (secondary N) is 1. The summed E-state index contributed by atoms with van der Waals surface area (Å²) in [4.78, 5) is 11.1. The van der Waals surface area contributed by atoms with Gasteiger partial charge in [-0.2, -0.15) is 4.37 Å². The highest BCUT2D eigenvalue weighted by Gasteiger charge is 2.16. The van der Waals surface area contributed by atoms with E-state index in [0.717, 1.165) is 12.0 Å². The van der Waals surface area contributed by atoms with Gasteiger partial charge in [-0.05, 0) is 36.0 Å². The fraction of sp³-hybridized carbons (Fsp3) is 0.286. The molecule has 4 nitrogen and oxygen atoms in total. The minimum Gasteiger partial charge on any atom is -0.478 e. The van der Waals surface area contributed by atoms with Gasteiger partial charge in [-0.25, -0.2) is 4.79 Å². The summed E-state index contributed by atoms with van der Waals surface area (Å²) >= 11 is 1.19. The summed E-state index contributed by atoms with van der Waals surface area (Å²) in [6.45, 7) is 4.43. The molecule has 2 rings (SSSR count). The normalized spacial score (nSPS) is 10.4. The fourth-order valence-electron chi connectivity index (χ4n) is 1.82.